The normalized spacial score (nSPS) is 10.3. The Balaban J connectivity index is 2.05. The molecule has 3 N–H and O–H groups in total. The molecule has 0 radical (unpaired) electrons. The van der Waals surface area contributed by atoms with E-state index < -0.39 is 0 Å². The van der Waals surface area contributed by atoms with Gasteiger partial charge in [0.15, 0.2) is 0 Å². The Hall–Kier alpha value is -1.96. The number of anilines is 1. The average Bonchev–Trinajstić information content (AvgIpc) is 2.88. The highest BCUT2D eigenvalue weighted by atomic mass is 32.1. The number of H-pyrrole nitrogens is 1. The Bertz CT molecular complexity index is 478. The molecule has 0 saturated carbocycles. The molecule has 0 fully saturated rings. The second-order valence-electron chi connectivity index (χ2n) is 3.21. The lowest BCUT2D eigenvalue weighted by atomic mass is 10.3. The zero-order chi connectivity index (χ0) is 11.5. The summed E-state index contributed by atoms with van der Waals surface area (Å²) in [7, 11) is 1.69. The van der Waals surface area contributed by atoms with E-state index in [2.05, 4.69) is 20.4 Å². The van der Waals surface area contributed by atoms with Gasteiger partial charge in [0, 0.05) is 25.4 Å². The number of rotatable bonds is 3. The monoisotopic (exact) mass is 238 g/mol. The SMILES string of the molecule is CN(Cc1cn[nH]c1)C(=O)c1nnc(N)s1. The summed E-state index contributed by atoms with van der Waals surface area (Å²) in [6.07, 6.45) is 3.40. The van der Waals surface area contributed by atoms with Crippen LogP contribution in [0.1, 0.15) is 15.4 Å². The quantitative estimate of drug-likeness (QED) is 0.790. The zero-order valence-electron chi connectivity index (χ0n) is 8.54. The van der Waals surface area contributed by atoms with Crippen molar-refractivity contribution in [3.8, 4) is 0 Å². The second-order valence-corrected chi connectivity index (χ2v) is 4.22. The van der Waals surface area contributed by atoms with E-state index in [9.17, 15) is 4.79 Å². The van der Waals surface area contributed by atoms with Gasteiger partial charge in [0.2, 0.25) is 10.1 Å². The van der Waals surface area contributed by atoms with Crippen molar-refractivity contribution in [3.05, 3.63) is 23.0 Å². The van der Waals surface area contributed by atoms with Crippen molar-refractivity contribution >= 4 is 22.4 Å². The predicted molar refractivity (Wildman–Crippen MR) is 58.7 cm³/mol. The summed E-state index contributed by atoms with van der Waals surface area (Å²) >= 11 is 1.08. The minimum atomic E-state index is -0.199. The molecule has 0 unspecified atom stereocenters. The van der Waals surface area contributed by atoms with Crippen LogP contribution in [0.2, 0.25) is 0 Å². The highest BCUT2D eigenvalue weighted by Crippen LogP contribution is 2.13. The van der Waals surface area contributed by atoms with Crippen molar-refractivity contribution in [1.29, 1.82) is 0 Å². The van der Waals surface area contributed by atoms with Crippen molar-refractivity contribution in [2.75, 3.05) is 12.8 Å². The molecule has 0 aliphatic heterocycles. The third-order valence-corrected chi connectivity index (χ3v) is 2.69. The minimum Gasteiger partial charge on any atom is -0.374 e. The smallest absolute Gasteiger partial charge is 0.284 e. The molecular weight excluding hydrogens is 228 g/mol. The molecule has 2 rings (SSSR count). The molecule has 2 aromatic rings. The first-order valence-corrected chi connectivity index (χ1v) is 5.30. The molecule has 0 bridgehead atoms. The van der Waals surface area contributed by atoms with Crippen molar-refractivity contribution in [3.63, 3.8) is 0 Å². The molecule has 7 nitrogen and oxygen atoms in total. The standard InChI is InChI=1S/C8H10N6OS/c1-14(4-5-2-10-11-3-5)7(15)6-12-13-8(9)16-6/h2-3H,4H2,1H3,(H2,9,13)(H,10,11). The van der Waals surface area contributed by atoms with Crippen LogP contribution < -0.4 is 5.73 Å². The number of aromatic nitrogens is 4. The fraction of sp³-hybridized carbons (Fsp3) is 0.250. The minimum absolute atomic E-state index is 0.199. The van der Waals surface area contributed by atoms with E-state index in [4.69, 9.17) is 5.73 Å². The van der Waals surface area contributed by atoms with Crippen LogP contribution in [0.3, 0.4) is 0 Å². The van der Waals surface area contributed by atoms with Crippen LogP contribution in [0.25, 0.3) is 0 Å². The molecule has 16 heavy (non-hydrogen) atoms. The summed E-state index contributed by atoms with van der Waals surface area (Å²) in [6, 6.07) is 0. The third kappa shape index (κ3) is 2.16. The molecule has 0 atom stereocenters. The molecule has 84 valence electrons. The van der Waals surface area contributed by atoms with Crippen molar-refractivity contribution in [1.82, 2.24) is 25.3 Å². The van der Waals surface area contributed by atoms with Gasteiger partial charge in [-0.25, -0.2) is 0 Å². The van der Waals surface area contributed by atoms with E-state index in [1.165, 1.54) is 4.90 Å². The zero-order valence-corrected chi connectivity index (χ0v) is 9.36. The maximum atomic E-state index is 11.8. The van der Waals surface area contributed by atoms with Gasteiger partial charge in [-0.15, -0.1) is 10.2 Å². The first-order chi connectivity index (χ1) is 7.66. The molecule has 2 heterocycles. The van der Waals surface area contributed by atoms with E-state index in [1.54, 1.807) is 19.4 Å². The van der Waals surface area contributed by atoms with Crippen molar-refractivity contribution in [2.24, 2.45) is 0 Å². The number of hydrogen-bond donors (Lipinski definition) is 2. The number of carbonyl (C=O) groups is 1. The van der Waals surface area contributed by atoms with Crippen molar-refractivity contribution < 1.29 is 4.79 Å². The number of nitrogen functional groups attached to an aromatic ring is 1. The third-order valence-electron chi connectivity index (χ3n) is 1.94. The van der Waals surface area contributed by atoms with Gasteiger partial charge < -0.3 is 10.6 Å². The summed E-state index contributed by atoms with van der Waals surface area (Å²) in [5.41, 5.74) is 6.34. The first-order valence-electron chi connectivity index (χ1n) is 4.49. The van der Waals surface area contributed by atoms with Crippen LogP contribution in [0.5, 0.6) is 0 Å². The highest BCUT2D eigenvalue weighted by Gasteiger charge is 2.16. The Morgan fingerprint density at radius 3 is 3.00 bits per heavy atom. The van der Waals surface area contributed by atoms with Crippen LogP contribution in [0.4, 0.5) is 5.13 Å². The predicted octanol–water partition coefficient (Wildman–Crippen LogP) is 0.116. The Morgan fingerprint density at radius 2 is 2.44 bits per heavy atom. The van der Waals surface area contributed by atoms with E-state index >= 15 is 0 Å². The largest absolute Gasteiger partial charge is 0.374 e. The molecule has 1 amide bonds. The number of aromatic amines is 1. The van der Waals surface area contributed by atoms with Gasteiger partial charge in [-0.3, -0.25) is 9.89 Å². The van der Waals surface area contributed by atoms with Gasteiger partial charge in [-0.05, 0) is 0 Å². The van der Waals surface area contributed by atoms with E-state index in [-0.39, 0.29) is 5.91 Å². The summed E-state index contributed by atoms with van der Waals surface area (Å²) < 4.78 is 0. The Labute approximate surface area is 95.3 Å². The molecule has 2 aromatic heterocycles. The Morgan fingerprint density at radius 1 is 1.62 bits per heavy atom. The summed E-state index contributed by atoms with van der Waals surface area (Å²) in [6.45, 7) is 0.467. The molecule has 8 heteroatoms. The van der Waals surface area contributed by atoms with E-state index in [1.807, 2.05) is 0 Å². The van der Waals surface area contributed by atoms with E-state index in [0.717, 1.165) is 16.9 Å². The van der Waals surface area contributed by atoms with E-state index in [0.29, 0.717) is 16.7 Å². The summed E-state index contributed by atoms with van der Waals surface area (Å²) in [5, 5.41) is 14.4. The lowest BCUT2D eigenvalue weighted by Gasteiger charge is -2.13. The van der Waals surface area contributed by atoms with Gasteiger partial charge in [0.05, 0.1) is 6.20 Å². The summed E-state index contributed by atoms with van der Waals surface area (Å²) in [4.78, 5) is 13.4. The lowest BCUT2D eigenvalue weighted by Crippen LogP contribution is -2.25. The second kappa shape index (κ2) is 4.27. The maximum absolute atomic E-state index is 11.8. The number of nitrogens with one attached hydrogen (secondary N) is 1. The highest BCUT2D eigenvalue weighted by molar-refractivity contribution is 7.16. The molecule has 0 aliphatic rings. The van der Waals surface area contributed by atoms with Gasteiger partial charge in [-0.1, -0.05) is 11.3 Å². The maximum Gasteiger partial charge on any atom is 0.284 e. The van der Waals surface area contributed by atoms with Crippen LogP contribution in [0.15, 0.2) is 12.4 Å². The summed E-state index contributed by atoms with van der Waals surface area (Å²) in [5.74, 6) is -0.199. The molecule has 0 spiro atoms. The first kappa shape index (κ1) is 10.6. The van der Waals surface area contributed by atoms with Crippen LogP contribution in [0, 0.1) is 0 Å². The van der Waals surface area contributed by atoms with Crippen LogP contribution in [-0.4, -0.2) is 38.2 Å². The average molecular weight is 238 g/mol. The molecule has 0 aliphatic carbocycles. The number of carbonyl (C=O) groups excluding carboxylic acids is 1. The molecule has 0 saturated heterocycles. The van der Waals surface area contributed by atoms with Crippen LogP contribution in [-0.2, 0) is 6.54 Å². The fourth-order valence-corrected chi connectivity index (χ4v) is 1.80. The van der Waals surface area contributed by atoms with Gasteiger partial charge >= 0.3 is 0 Å². The van der Waals surface area contributed by atoms with Gasteiger partial charge in [0.25, 0.3) is 5.91 Å². The number of nitrogens with two attached hydrogens (primary N) is 1. The Kier molecular flexibility index (Phi) is 2.82. The van der Waals surface area contributed by atoms with Gasteiger partial charge in [0.1, 0.15) is 0 Å². The number of nitrogens with zero attached hydrogens (tertiary/aromatic N) is 4. The number of amides is 1. The lowest BCUT2D eigenvalue weighted by molar-refractivity contribution is 0.0784. The van der Waals surface area contributed by atoms with Crippen LogP contribution >= 0.6 is 11.3 Å². The topological polar surface area (TPSA) is 101 Å². The molecule has 0 aromatic carbocycles. The number of hydrogen-bond acceptors (Lipinski definition) is 6. The fourth-order valence-electron chi connectivity index (χ4n) is 1.19. The van der Waals surface area contributed by atoms with Crippen molar-refractivity contribution in [2.45, 2.75) is 6.54 Å². The van der Waals surface area contributed by atoms with Gasteiger partial charge in [-0.2, -0.15) is 5.10 Å². The molecular formula is C8H10N6OS.